The largest absolute Gasteiger partial charge is 0.322 e. The van der Waals surface area contributed by atoms with Crippen LogP contribution in [0.2, 0.25) is 15.1 Å². The average molecular weight is 516 g/mol. The highest BCUT2D eigenvalue weighted by molar-refractivity contribution is 6.42. The number of carbonyl (C=O) groups is 1. The predicted molar refractivity (Wildman–Crippen MR) is 139 cm³/mol. The van der Waals surface area contributed by atoms with Crippen LogP contribution in [0.4, 0.5) is 10.5 Å². The molecule has 0 spiro atoms. The zero-order valence-electron chi connectivity index (χ0n) is 18.6. The first-order valence-corrected chi connectivity index (χ1v) is 11.6. The van der Waals surface area contributed by atoms with E-state index in [1.54, 1.807) is 66.2 Å². The van der Waals surface area contributed by atoms with Crippen molar-refractivity contribution < 1.29 is 4.79 Å². The number of fused-ring (bicyclic) bond motifs is 1. The van der Waals surface area contributed by atoms with E-state index in [1.165, 1.54) is 4.90 Å². The molecule has 1 aromatic heterocycles. The Morgan fingerprint density at radius 3 is 2.47 bits per heavy atom. The molecule has 9 heteroatoms. The zero-order valence-corrected chi connectivity index (χ0v) is 20.9. The molecule has 0 bridgehead atoms. The summed E-state index contributed by atoms with van der Waals surface area (Å²) in [6.45, 7) is 3.69. The zero-order chi connectivity index (χ0) is 24.6. The van der Waals surface area contributed by atoms with Crippen LogP contribution in [-0.4, -0.2) is 27.5 Å². The summed E-state index contributed by atoms with van der Waals surface area (Å²) in [5.41, 5.74) is 2.28. The van der Waals surface area contributed by atoms with Crippen LogP contribution >= 0.6 is 34.8 Å². The fourth-order valence-electron chi connectivity index (χ4n) is 3.67. The second-order valence-corrected chi connectivity index (χ2v) is 9.16. The third-order valence-corrected chi connectivity index (χ3v) is 6.62. The molecule has 2 amide bonds. The molecule has 3 aromatic carbocycles. The maximum Gasteiger partial charge on any atom is 0.322 e. The first-order chi connectivity index (χ1) is 16.2. The van der Waals surface area contributed by atoms with Crippen LogP contribution in [0.3, 0.4) is 0 Å². The van der Waals surface area contributed by atoms with E-state index in [1.807, 2.05) is 19.9 Å². The Morgan fingerprint density at radius 1 is 1.03 bits per heavy atom. The number of halogens is 3. The smallest absolute Gasteiger partial charge is 0.318 e. The molecule has 0 aliphatic heterocycles. The molecule has 4 aromatic rings. The van der Waals surface area contributed by atoms with Gasteiger partial charge in [-0.15, -0.1) is 0 Å². The molecule has 1 N–H and O–H groups in total. The van der Waals surface area contributed by atoms with Crippen LogP contribution < -0.4 is 10.9 Å². The van der Waals surface area contributed by atoms with Gasteiger partial charge in [0.2, 0.25) is 0 Å². The van der Waals surface area contributed by atoms with Crippen LogP contribution in [0, 0.1) is 6.92 Å². The number of benzene rings is 3. The van der Waals surface area contributed by atoms with Crippen molar-refractivity contribution >= 4 is 57.4 Å². The molecule has 1 heterocycles. The lowest BCUT2D eigenvalue weighted by Crippen LogP contribution is -2.37. The van der Waals surface area contributed by atoms with Gasteiger partial charge < -0.3 is 10.2 Å². The van der Waals surface area contributed by atoms with E-state index in [4.69, 9.17) is 39.8 Å². The maximum atomic E-state index is 13.6. The quantitative estimate of drug-likeness (QED) is 0.322. The minimum absolute atomic E-state index is 0.226. The van der Waals surface area contributed by atoms with Gasteiger partial charge in [-0.2, -0.15) is 0 Å². The number of urea groups is 1. The number of amides is 2. The van der Waals surface area contributed by atoms with Crippen molar-refractivity contribution in [1.82, 2.24) is 14.5 Å². The average Bonchev–Trinajstić information content (AvgIpc) is 2.81. The van der Waals surface area contributed by atoms with Gasteiger partial charge in [0.15, 0.2) is 0 Å². The summed E-state index contributed by atoms with van der Waals surface area (Å²) in [5, 5.41) is 4.57. The number of hydrogen-bond acceptors (Lipinski definition) is 3. The summed E-state index contributed by atoms with van der Waals surface area (Å²) < 4.78 is 1.54. The first kappa shape index (κ1) is 24.1. The number of nitrogens with zero attached hydrogens (tertiary/aromatic N) is 3. The number of rotatable bonds is 4. The summed E-state index contributed by atoms with van der Waals surface area (Å²) in [5.74, 6) is 0.418. The minimum atomic E-state index is -0.560. The van der Waals surface area contributed by atoms with Gasteiger partial charge in [0.05, 0.1) is 32.7 Å². The van der Waals surface area contributed by atoms with Gasteiger partial charge in [0.1, 0.15) is 5.82 Å². The molecule has 34 heavy (non-hydrogen) atoms. The van der Waals surface area contributed by atoms with Crippen molar-refractivity contribution in [3.05, 3.63) is 97.5 Å². The molecular formula is C25H21Cl3N4O2. The van der Waals surface area contributed by atoms with E-state index in [0.717, 1.165) is 5.56 Å². The number of nitrogens with one attached hydrogen (secondary N) is 1. The van der Waals surface area contributed by atoms with Gasteiger partial charge in [-0.05, 0) is 67.9 Å². The number of carbonyl (C=O) groups excluding carboxylic acids is 1. The molecule has 0 aliphatic carbocycles. The normalized spacial score (nSPS) is 11.9. The topological polar surface area (TPSA) is 67.2 Å². The summed E-state index contributed by atoms with van der Waals surface area (Å²) in [6, 6.07) is 16.3. The monoisotopic (exact) mass is 514 g/mol. The van der Waals surface area contributed by atoms with Crippen molar-refractivity contribution in [1.29, 1.82) is 0 Å². The van der Waals surface area contributed by atoms with Crippen molar-refractivity contribution in [3.8, 4) is 5.69 Å². The van der Waals surface area contributed by atoms with Crippen molar-refractivity contribution in [2.75, 3.05) is 12.4 Å². The first-order valence-electron chi connectivity index (χ1n) is 10.4. The highest BCUT2D eigenvalue weighted by Gasteiger charge is 2.25. The Labute approximate surface area is 211 Å². The number of hydrogen-bond donors (Lipinski definition) is 1. The van der Waals surface area contributed by atoms with Crippen LogP contribution in [0.25, 0.3) is 16.6 Å². The van der Waals surface area contributed by atoms with Gasteiger partial charge >= 0.3 is 6.03 Å². The fourth-order valence-corrected chi connectivity index (χ4v) is 4.19. The van der Waals surface area contributed by atoms with Gasteiger partial charge in [-0.3, -0.25) is 9.36 Å². The summed E-state index contributed by atoms with van der Waals surface area (Å²) in [4.78, 5) is 32.9. The van der Waals surface area contributed by atoms with E-state index in [9.17, 15) is 9.59 Å². The molecule has 6 nitrogen and oxygen atoms in total. The van der Waals surface area contributed by atoms with E-state index >= 15 is 0 Å². The molecule has 4 rings (SSSR count). The number of aryl methyl sites for hydroxylation is 1. The van der Waals surface area contributed by atoms with Crippen molar-refractivity contribution in [2.45, 2.75) is 19.9 Å². The summed E-state index contributed by atoms with van der Waals surface area (Å²) >= 11 is 18.2. The van der Waals surface area contributed by atoms with Crippen LogP contribution in [0.15, 0.2) is 65.5 Å². The molecule has 0 saturated carbocycles. The van der Waals surface area contributed by atoms with Gasteiger partial charge in [-0.25, -0.2) is 9.78 Å². The Kier molecular flexibility index (Phi) is 6.84. The van der Waals surface area contributed by atoms with Crippen molar-refractivity contribution in [2.24, 2.45) is 0 Å². The van der Waals surface area contributed by atoms with Gasteiger partial charge in [0, 0.05) is 17.8 Å². The number of para-hydroxylation sites is 1. The molecular weight excluding hydrogens is 495 g/mol. The highest BCUT2D eigenvalue weighted by atomic mass is 35.5. The van der Waals surface area contributed by atoms with E-state index in [2.05, 4.69) is 5.32 Å². The van der Waals surface area contributed by atoms with Gasteiger partial charge in [-0.1, -0.05) is 46.9 Å². The Balaban J connectivity index is 1.79. The van der Waals surface area contributed by atoms with E-state index < -0.39 is 12.1 Å². The van der Waals surface area contributed by atoms with E-state index in [0.29, 0.717) is 43.2 Å². The lowest BCUT2D eigenvalue weighted by molar-refractivity contribution is 0.205. The molecule has 1 unspecified atom stereocenters. The predicted octanol–water partition coefficient (Wildman–Crippen LogP) is 6.88. The standard InChI is InChI=1S/C25H21Cl3N4O2/c1-14-12-16(26)8-11-22(14)32-23(30-21-7-5-4-6-18(21)24(32)33)15(2)31(3)25(34)29-17-9-10-19(27)20(28)13-17/h4-13,15H,1-3H3,(H,29,34). The minimum Gasteiger partial charge on any atom is -0.318 e. The fraction of sp³-hybridized carbons (Fsp3) is 0.160. The Bertz CT molecular complexity index is 1470. The van der Waals surface area contributed by atoms with E-state index in [-0.39, 0.29) is 5.56 Å². The number of anilines is 1. The third-order valence-electron chi connectivity index (χ3n) is 5.65. The summed E-state index contributed by atoms with van der Waals surface area (Å²) in [6.07, 6.45) is 0. The Morgan fingerprint density at radius 2 is 1.76 bits per heavy atom. The highest BCUT2D eigenvalue weighted by Crippen LogP contribution is 2.27. The third kappa shape index (κ3) is 4.62. The maximum absolute atomic E-state index is 13.6. The lowest BCUT2D eigenvalue weighted by Gasteiger charge is -2.27. The molecule has 0 fully saturated rings. The molecule has 0 radical (unpaired) electrons. The SMILES string of the molecule is Cc1cc(Cl)ccc1-n1c(C(C)N(C)C(=O)Nc2ccc(Cl)c(Cl)c2)nc2ccccc2c1=O. The van der Waals surface area contributed by atoms with Crippen LogP contribution in [-0.2, 0) is 0 Å². The second kappa shape index (κ2) is 9.66. The Hall–Kier alpha value is -3.06. The van der Waals surface area contributed by atoms with Crippen LogP contribution in [0.1, 0.15) is 24.4 Å². The van der Waals surface area contributed by atoms with Crippen molar-refractivity contribution in [3.63, 3.8) is 0 Å². The molecule has 174 valence electrons. The lowest BCUT2D eigenvalue weighted by atomic mass is 10.1. The number of aromatic nitrogens is 2. The van der Waals surface area contributed by atoms with Gasteiger partial charge in [0.25, 0.3) is 5.56 Å². The summed E-state index contributed by atoms with van der Waals surface area (Å²) in [7, 11) is 1.64. The molecule has 0 saturated heterocycles. The molecule has 0 aliphatic rings. The molecule has 1 atom stereocenters. The second-order valence-electron chi connectivity index (χ2n) is 7.90. The van der Waals surface area contributed by atoms with Crippen LogP contribution in [0.5, 0.6) is 0 Å².